The number of benzene rings is 1. The molecule has 0 spiro atoms. The number of thioether (sulfide) groups is 1. The monoisotopic (exact) mass is 475 g/mol. The van der Waals surface area contributed by atoms with E-state index in [0.29, 0.717) is 6.61 Å². The smallest absolute Gasteiger partial charge is 0.326 e. The summed E-state index contributed by atoms with van der Waals surface area (Å²) in [5.41, 5.74) is 0.781. The average molecular weight is 475 g/mol. The Kier molecular flexibility index (Phi) is 6.88. The van der Waals surface area contributed by atoms with Gasteiger partial charge < -0.3 is 9.47 Å². The molecule has 0 unspecified atom stereocenters. The van der Waals surface area contributed by atoms with Gasteiger partial charge >= 0.3 is 5.97 Å². The van der Waals surface area contributed by atoms with Crippen molar-refractivity contribution in [3.05, 3.63) is 32.2 Å². The number of rotatable bonds is 6. The van der Waals surface area contributed by atoms with Crippen LogP contribution in [0.15, 0.2) is 23.1 Å². The molecule has 2 rings (SSSR count). The van der Waals surface area contributed by atoms with E-state index in [1.54, 1.807) is 19.9 Å². The van der Waals surface area contributed by atoms with Crippen LogP contribution in [0.3, 0.4) is 0 Å². The highest BCUT2D eigenvalue weighted by molar-refractivity contribution is 14.1. The Labute approximate surface area is 164 Å². The lowest BCUT2D eigenvalue weighted by molar-refractivity contribution is -0.149. The molecule has 1 aliphatic rings. The molecule has 1 heterocycles. The molecule has 8 heteroatoms. The lowest BCUT2D eigenvalue weighted by atomic mass is 10.2. The van der Waals surface area contributed by atoms with Gasteiger partial charge in [-0.2, -0.15) is 0 Å². The second-order valence-electron chi connectivity index (χ2n) is 5.43. The first-order valence-corrected chi connectivity index (χ1v) is 9.58. The van der Waals surface area contributed by atoms with Crippen molar-refractivity contribution in [3.8, 4) is 5.75 Å². The van der Waals surface area contributed by atoms with Gasteiger partial charge in [0.05, 0.1) is 21.2 Å². The Morgan fingerprint density at radius 2 is 2.08 bits per heavy atom. The molecule has 6 nitrogen and oxygen atoms in total. The Morgan fingerprint density at radius 1 is 1.36 bits per heavy atom. The fraction of sp³-hybridized carbons (Fsp3) is 0.353. The zero-order chi connectivity index (χ0) is 18.6. The first kappa shape index (κ1) is 19.8. The van der Waals surface area contributed by atoms with Gasteiger partial charge in [0.2, 0.25) is 0 Å². The van der Waals surface area contributed by atoms with E-state index < -0.39 is 17.1 Å². The number of amides is 2. The van der Waals surface area contributed by atoms with Crippen LogP contribution >= 0.6 is 34.4 Å². The molecule has 25 heavy (non-hydrogen) atoms. The van der Waals surface area contributed by atoms with Gasteiger partial charge in [-0.05, 0) is 78.9 Å². The lowest BCUT2D eigenvalue weighted by Gasteiger charge is -2.13. The Morgan fingerprint density at radius 3 is 2.68 bits per heavy atom. The largest absolute Gasteiger partial charge is 0.493 e. The summed E-state index contributed by atoms with van der Waals surface area (Å²) in [6.45, 7) is 5.52. The minimum absolute atomic E-state index is 0.280. The van der Waals surface area contributed by atoms with Gasteiger partial charge in [-0.15, -0.1) is 0 Å². The minimum atomic E-state index is -0.603. The van der Waals surface area contributed by atoms with Crippen LogP contribution in [0.4, 0.5) is 4.79 Å². The number of carbonyl (C=O) groups excluding carboxylic acids is 3. The number of hydrogen-bond acceptors (Lipinski definition) is 6. The van der Waals surface area contributed by atoms with E-state index in [1.807, 2.05) is 25.1 Å². The second-order valence-corrected chi connectivity index (χ2v) is 7.58. The van der Waals surface area contributed by atoms with Crippen molar-refractivity contribution in [3.63, 3.8) is 0 Å². The van der Waals surface area contributed by atoms with E-state index in [2.05, 4.69) is 22.6 Å². The molecule has 134 valence electrons. The molecule has 0 aliphatic carbocycles. The molecule has 1 aromatic carbocycles. The van der Waals surface area contributed by atoms with E-state index in [9.17, 15) is 14.4 Å². The maximum absolute atomic E-state index is 12.4. The standard InChI is InChI=1S/C17H18INO5S/c1-4-23-13-6-5-11(7-12(13)18)8-14-16(21)19(17(22)25-14)9-15(20)24-10(2)3/h5-8,10H,4,9H2,1-3H3. The van der Waals surface area contributed by atoms with Gasteiger partial charge in [0.1, 0.15) is 12.3 Å². The molecule has 1 saturated heterocycles. The molecule has 1 fully saturated rings. The summed E-state index contributed by atoms with van der Waals surface area (Å²) in [5.74, 6) is -0.321. The molecule has 0 aromatic heterocycles. The summed E-state index contributed by atoms with van der Waals surface area (Å²) in [6, 6.07) is 5.50. The summed E-state index contributed by atoms with van der Waals surface area (Å²) >= 11 is 2.97. The van der Waals surface area contributed by atoms with Gasteiger partial charge in [0, 0.05) is 0 Å². The number of esters is 1. The fourth-order valence-electron chi connectivity index (χ4n) is 2.10. The van der Waals surface area contributed by atoms with Crippen LogP contribution in [0.1, 0.15) is 26.3 Å². The molecule has 0 saturated carbocycles. The third-order valence-corrected chi connectivity index (χ3v) is 4.83. The van der Waals surface area contributed by atoms with Gasteiger partial charge in [0.25, 0.3) is 11.1 Å². The fourth-order valence-corrected chi connectivity index (χ4v) is 3.63. The van der Waals surface area contributed by atoms with Crippen molar-refractivity contribution in [2.45, 2.75) is 26.9 Å². The van der Waals surface area contributed by atoms with E-state index in [1.165, 1.54) is 0 Å². The van der Waals surface area contributed by atoms with Crippen molar-refractivity contribution >= 4 is 57.5 Å². The second kappa shape index (κ2) is 8.70. The molecule has 0 atom stereocenters. The highest BCUT2D eigenvalue weighted by Gasteiger charge is 2.36. The summed E-state index contributed by atoms with van der Waals surface area (Å²) in [4.78, 5) is 37.3. The number of halogens is 1. The quantitative estimate of drug-likeness (QED) is 0.355. The molecule has 0 bridgehead atoms. The predicted molar refractivity (Wildman–Crippen MR) is 104 cm³/mol. The first-order valence-electron chi connectivity index (χ1n) is 7.69. The normalized spacial score (nSPS) is 16.0. The number of nitrogens with zero attached hydrogens (tertiary/aromatic N) is 1. The van der Waals surface area contributed by atoms with E-state index in [4.69, 9.17) is 9.47 Å². The Balaban J connectivity index is 2.14. The maximum Gasteiger partial charge on any atom is 0.326 e. The molecule has 1 aromatic rings. The summed E-state index contributed by atoms with van der Waals surface area (Å²) in [6.07, 6.45) is 1.34. The molecule has 1 aliphatic heterocycles. The zero-order valence-corrected chi connectivity index (χ0v) is 17.0. The number of hydrogen-bond donors (Lipinski definition) is 0. The number of ether oxygens (including phenoxy) is 2. The van der Waals surface area contributed by atoms with Crippen molar-refractivity contribution in [1.29, 1.82) is 0 Å². The molecule has 0 N–H and O–H groups in total. The van der Waals surface area contributed by atoms with E-state index >= 15 is 0 Å². The number of carbonyl (C=O) groups is 3. The van der Waals surface area contributed by atoms with Gasteiger partial charge in [-0.1, -0.05) is 6.07 Å². The Bertz CT molecular complexity index is 732. The third kappa shape index (κ3) is 5.21. The SMILES string of the molecule is CCOc1ccc(C=C2SC(=O)N(CC(=O)OC(C)C)C2=O)cc1I. The van der Waals surface area contributed by atoms with E-state index in [-0.39, 0.29) is 17.6 Å². The molecular formula is C17H18INO5S. The first-order chi connectivity index (χ1) is 11.8. The van der Waals surface area contributed by atoms with Crippen LogP contribution < -0.4 is 4.74 Å². The van der Waals surface area contributed by atoms with Crippen molar-refractivity contribution < 1.29 is 23.9 Å². The van der Waals surface area contributed by atoms with Gasteiger partial charge in [-0.25, -0.2) is 0 Å². The van der Waals surface area contributed by atoms with Crippen LogP contribution in [0.5, 0.6) is 5.75 Å². The van der Waals surface area contributed by atoms with Gasteiger partial charge in [-0.3, -0.25) is 19.3 Å². The predicted octanol–water partition coefficient (Wildman–Crippen LogP) is 3.68. The zero-order valence-electron chi connectivity index (χ0n) is 14.1. The van der Waals surface area contributed by atoms with E-state index in [0.717, 1.165) is 31.5 Å². The summed E-state index contributed by atoms with van der Waals surface area (Å²) in [5, 5.41) is -0.474. The van der Waals surface area contributed by atoms with Crippen molar-refractivity contribution in [2.75, 3.05) is 13.2 Å². The van der Waals surface area contributed by atoms with Crippen LogP contribution in [0, 0.1) is 3.57 Å². The molecular weight excluding hydrogens is 457 g/mol. The average Bonchev–Trinajstić information content (AvgIpc) is 2.77. The summed E-state index contributed by atoms with van der Waals surface area (Å²) in [7, 11) is 0. The minimum Gasteiger partial charge on any atom is -0.493 e. The molecule has 2 amide bonds. The van der Waals surface area contributed by atoms with Crippen LogP contribution in [-0.4, -0.2) is 41.3 Å². The Hall–Kier alpha value is -1.55. The van der Waals surface area contributed by atoms with Crippen LogP contribution in [-0.2, 0) is 14.3 Å². The topological polar surface area (TPSA) is 72.9 Å². The lowest BCUT2D eigenvalue weighted by Crippen LogP contribution is -2.35. The third-order valence-electron chi connectivity index (χ3n) is 3.08. The number of imide groups is 1. The van der Waals surface area contributed by atoms with Crippen molar-refractivity contribution in [2.24, 2.45) is 0 Å². The maximum atomic E-state index is 12.4. The molecule has 0 radical (unpaired) electrons. The van der Waals surface area contributed by atoms with Crippen molar-refractivity contribution in [1.82, 2.24) is 4.90 Å². The van der Waals surface area contributed by atoms with Crippen LogP contribution in [0.25, 0.3) is 6.08 Å². The van der Waals surface area contributed by atoms with Gasteiger partial charge in [0.15, 0.2) is 0 Å². The summed E-state index contributed by atoms with van der Waals surface area (Å²) < 4.78 is 11.4. The highest BCUT2D eigenvalue weighted by Crippen LogP contribution is 2.33. The highest BCUT2D eigenvalue weighted by atomic mass is 127. The van der Waals surface area contributed by atoms with Crippen LogP contribution in [0.2, 0.25) is 0 Å².